The smallest absolute Gasteiger partial charge is 0.486 e. The maximum absolute atomic E-state index is 12.7. The third kappa shape index (κ3) is 7.12. The molecule has 0 fully saturated rings. The van der Waals surface area contributed by atoms with Gasteiger partial charge in [0.1, 0.15) is 19.0 Å². The second-order valence-electron chi connectivity index (χ2n) is 6.68. The molecule has 0 bridgehead atoms. The second kappa shape index (κ2) is 11.5. The van der Waals surface area contributed by atoms with Crippen LogP contribution in [0, 0.1) is 5.41 Å². The number of benzene rings is 2. The molecule has 1 unspecified atom stereocenters. The summed E-state index contributed by atoms with van der Waals surface area (Å²) in [5.41, 5.74) is 6.21. The van der Waals surface area contributed by atoms with Gasteiger partial charge in [0.15, 0.2) is 17.5 Å². The SMILES string of the molecule is C=CCOc1ccc(C(Nc2ccc(C(=N)N)cc2)C(=O)OC(=O)C(F)(F)F)cc1OCC=C. The van der Waals surface area contributed by atoms with E-state index in [0.29, 0.717) is 5.56 Å². The minimum atomic E-state index is -5.36. The summed E-state index contributed by atoms with van der Waals surface area (Å²) in [6.07, 6.45) is -2.39. The number of hydrogen-bond acceptors (Lipinski definition) is 7. The predicted molar refractivity (Wildman–Crippen MR) is 119 cm³/mol. The van der Waals surface area contributed by atoms with E-state index in [2.05, 4.69) is 23.2 Å². The fraction of sp³-hybridized carbons (Fsp3) is 0.174. The van der Waals surface area contributed by atoms with E-state index in [1.807, 2.05) is 0 Å². The summed E-state index contributed by atoms with van der Waals surface area (Å²) < 4.78 is 53.1. The van der Waals surface area contributed by atoms with Crippen LogP contribution in [0.1, 0.15) is 17.2 Å². The number of hydrogen-bond donors (Lipinski definition) is 3. The Hall–Kier alpha value is -4.28. The van der Waals surface area contributed by atoms with Gasteiger partial charge in [0.05, 0.1) is 0 Å². The molecule has 0 aliphatic heterocycles. The van der Waals surface area contributed by atoms with Crippen molar-refractivity contribution < 1.29 is 37.0 Å². The van der Waals surface area contributed by atoms with Gasteiger partial charge >= 0.3 is 18.1 Å². The zero-order valence-corrected chi connectivity index (χ0v) is 17.9. The van der Waals surface area contributed by atoms with Crippen molar-refractivity contribution in [2.24, 2.45) is 5.73 Å². The van der Waals surface area contributed by atoms with Crippen molar-refractivity contribution in [3.8, 4) is 11.5 Å². The van der Waals surface area contributed by atoms with E-state index < -0.39 is 24.2 Å². The quantitative estimate of drug-likeness (QED) is 0.148. The molecule has 0 saturated carbocycles. The Labute approximate surface area is 193 Å². The van der Waals surface area contributed by atoms with Gasteiger partial charge in [-0.2, -0.15) is 13.2 Å². The van der Waals surface area contributed by atoms with Gasteiger partial charge < -0.3 is 25.3 Å². The molecule has 0 radical (unpaired) electrons. The topological polar surface area (TPSA) is 124 Å². The number of nitrogens with one attached hydrogen (secondary N) is 2. The number of alkyl halides is 3. The van der Waals surface area contributed by atoms with Gasteiger partial charge in [-0.25, -0.2) is 9.59 Å². The molecule has 0 spiro atoms. The van der Waals surface area contributed by atoms with Crippen molar-refractivity contribution in [3.05, 3.63) is 78.9 Å². The molecule has 34 heavy (non-hydrogen) atoms. The summed E-state index contributed by atoms with van der Waals surface area (Å²) in [6.45, 7) is 7.33. The summed E-state index contributed by atoms with van der Waals surface area (Å²) in [5, 5.41) is 10.2. The average Bonchev–Trinajstić information content (AvgIpc) is 2.79. The van der Waals surface area contributed by atoms with E-state index in [9.17, 15) is 22.8 Å². The summed E-state index contributed by atoms with van der Waals surface area (Å²) >= 11 is 0. The number of esters is 2. The minimum Gasteiger partial charge on any atom is -0.486 e. The molecule has 0 saturated heterocycles. The lowest BCUT2D eigenvalue weighted by Crippen LogP contribution is -2.32. The van der Waals surface area contributed by atoms with E-state index in [1.165, 1.54) is 54.6 Å². The van der Waals surface area contributed by atoms with Gasteiger partial charge in [0.25, 0.3) is 0 Å². The lowest BCUT2D eigenvalue weighted by atomic mass is 10.1. The number of halogens is 3. The Kier molecular flexibility index (Phi) is 8.82. The molecule has 0 aromatic heterocycles. The number of nitrogen functional groups attached to an aromatic ring is 1. The lowest BCUT2D eigenvalue weighted by Gasteiger charge is -2.21. The third-order valence-electron chi connectivity index (χ3n) is 4.18. The van der Waals surface area contributed by atoms with Gasteiger partial charge in [0.2, 0.25) is 0 Å². The van der Waals surface area contributed by atoms with Crippen molar-refractivity contribution in [3.63, 3.8) is 0 Å². The second-order valence-corrected chi connectivity index (χ2v) is 6.68. The van der Waals surface area contributed by atoms with Crippen LogP contribution < -0.4 is 20.5 Å². The van der Waals surface area contributed by atoms with Crippen LogP contribution in [0.25, 0.3) is 0 Å². The Bertz CT molecular complexity index is 1070. The van der Waals surface area contributed by atoms with Crippen LogP contribution in [-0.4, -0.2) is 37.2 Å². The predicted octanol–water partition coefficient (Wildman–Crippen LogP) is 3.89. The largest absolute Gasteiger partial charge is 0.491 e. The zero-order valence-electron chi connectivity index (χ0n) is 17.9. The summed E-state index contributed by atoms with van der Waals surface area (Å²) in [6, 6.07) is 8.54. The molecule has 180 valence electrons. The molecule has 2 aromatic rings. The summed E-state index contributed by atoms with van der Waals surface area (Å²) in [5.74, 6) is -3.88. The van der Waals surface area contributed by atoms with E-state index in [1.54, 1.807) is 0 Å². The molecule has 1 atom stereocenters. The minimum absolute atomic E-state index is 0.0789. The molecular formula is C23H22F3N3O5. The highest BCUT2D eigenvalue weighted by Crippen LogP contribution is 2.33. The number of nitrogens with two attached hydrogens (primary N) is 1. The Morgan fingerprint density at radius 2 is 1.62 bits per heavy atom. The zero-order chi connectivity index (χ0) is 25.3. The molecule has 0 aliphatic rings. The first kappa shape index (κ1) is 26.0. The van der Waals surface area contributed by atoms with Gasteiger partial charge in [0, 0.05) is 11.3 Å². The molecule has 4 N–H and O–H groups in total. The fourth-order valence-corrected chi connectivity index (χ4v) is 2.63. The molecule has 0 amide bonds. The molecule has 8 nitrogen and oxygen atoms in total. The highest BCUT2D eigenvalue weighted by atomic mass is 19.4. The standard InChI is InChI=1S/C23H22F3N3O5/c1-3-11-32-17-10-7-15(13-18(17)33-12-4-2)19(21(30)34-22(31)23(24,25)26)29-16-8-5-14(6-9-16)20(27)28/h3-10,13,19,29H,1-2,11-12H2,(H3,27,28). The molecule has 0 heterocycles. The van der Waals surface area contributed by atoms with E-state index in [-0.39, 0.29) is 41.8 Å². The highest BCUT2D eigenvalue weighted by molar-refractivity contribution is 5.95. The fourth-order valence-electron chi connectivity index (χ4n) is 2.63. The highest BCUT2D eigenvalue weighted by Gasteiger charge is 2.43. The van der Waals surface area contributed by atoms with Gasteiger partial charge in [-0.1, -0.05) is 31.4 Å². The molecular weight excluding hydrogens is 455 g/mol. The van der Waals surface area contributed by atoms with Crippen molar-refractivity contribution in [2.75, 3.05) is 18.5 Å². The van der Waals surface area contributed by atoms with Crippen LogP contribution in [-0.2, 0) is 14.3 Å². The first-order valence-corrected chi connectivity index (χ1v) is 9.72. The number of carbonyl (C=O) groups excluding carboxylic acids is 2. The van der Waals surface area contributed by atoms with E-state index in [0.717, 1.165) is 0 Å². The maximum Gasteiger partial charge on any atom is 0.491 e. The van der Waals surface area contributed by atoms with Crippen LogP contribution >= 0.6 is 0 Å². The average molecular weight is 477 g/mol. The van der Waals surface area contributed by atoms with E-state index in [4.69, 9.17) is 20.6 Å². The van der Waals surface area contributed by atoms with Crippen LogP contribution in [0.4, 0.5) is 18.9 Å². The van der Waals surface area contributed by atoms with Crippen LogP contribution in [0.5, 0.6) is 11.5 Å². The normalized spacial score (nSPS) is 11.6. The van der Waals surface area contributed by atoms with Crippen LogP contribution in [0.2, 0.25) is 0 Å². The van der Waals surface area contributed by atoms with E-state index >= 15 is 0 Å². The molecule has 0 aliphatic carbocycles. The van der Waals surface area contributed by atoms with Gasteiger partial charge in [-0.05, 0) is 42.0 Å². The Morgan fingerprint density at radius 1 is 1.03 bits per heavy atom. The van der Waals surface area contributed by atoms with Crippen LogP contribution in [0.3, 0.4) is 0 Å². The molecule has 2 rings (SSSR count). The number of rotatable bonds is 11. The molecule has 2 aromatic carbocycles. The first-order valence-electron chi connectivity index (χ1n) is 9.72. The number of ether oxygens (including phenoxy) is 3. The summed E-state index contributed by atoms with van der Waals surface area (Å²) in [4.78, 5) is 23.9. The monoisotopic (exact) mass is 477 g/mol. The Balaban J connectivity index is 2.45. The number of carbonyl (C=O) groups is 2. The third-order valence-corrected chi connectivity index (χ3v) is 4.18. The first-order chi connectivity index (χ1) is 16.1. The lowest BCUT2D eigenvalue weighted by molar-refractivity contribution is -0.202. The van der Waals surface area contributed by atoms with Crippen molar-refractivity contribution in [1.82, 2.24) is 0 Å². The number of anilines is 1. The van der Waals surface area contributed by atoms with Crippen molar-refractivity contribution in [2.45, 2.75) is 12.2 Å². The van der Waals surface area contributed by atoms with Crippen molar-refractivity contribution in [1.29, 1.82) is 5.41 Å². The van der Waals surface area contributed by atoms with Crippen molar-refractivity contribution >= 4 is 23.5 Å². The molecule has 11 heteroatoms. The Morgan fingerprint density at radius 3 is 2.15 bits per heavy atom. The van der Waals surface area contributed by atoms with Crippen LogP contribution in [0.15, 0.2) is 67.8 Å². The van der Waals surface area contributed by atoms with Gasteiger partial charge in [-0.15, -0.1) is 0 Å². The van der Waals surface area contributed by atoms with Gasteiger partial charge in [-0.3, -0.25) is 5.41 Å². The number of amidine groups is 1. The maximum atomic E-state index is 12.7. The summed E-state index contributed by atoms with van der Waals surface area (Å²) in [7, 11) is 0.